The Morgan fingerprint density at radius 3 is 2.56 bits per heavy atom. The molecule has 4 heteroatoms. The van der Waals surface area contributed by atoms with Crippen LogP contribution in [0.15, 0.2) is 48.5 Å². The highest BCUT2D eigenvalue weighted by molar-refractivity contribution is 5.97. The third-order valence-corrected chi connectivity index (χ3v) is 5.19. The zero-order valence-corrected chi connectivity index (χ0v) is 14.2. The van der Waals surface area contributed by atoms with Gasteiger partial charge in [0, 0.05) is 24.2 Å². The van der Waals surface area contributed by atoms with Crippen molar-refractivity contribution in [3.05, 3.63) is 65.2 Å². The molecule has 2 aromatic rings. The fraction of sp³-hybridized carbons (Fsp3) is 0.333. The SMILES string of the molecule is O=C(NC1CCCc2ccccc21)c1ccc(N2CCCC2=O)cc1. The van der Waals surface area contributed by atoms with Gasteiger partial charge in [0.2, 0.25) is 5.91 Å². The van der Waals surface area contributed by atoms with E-state index in [0.29, 0.717) is 12.0 Å². The lowest BCUT2D eigenvalue weighted by molar-refractivity contribution is -0.117. The second kappa shape index (κ2) is 6.71. The maximum Gasteiger partial charge on any atom is 0.251 e. The lowest BCUT2D eigenvalue weighted by atomic mass is 9.87. The Hall–Kier alpha value is -2.62. The standard InChI is InChI=1S/C21H22N2O2/c24-20-9-4-14-23(20)17-12-10-16(11-13-17)21(25)22-19-8-3-6-15-5-1-2-7-18(15)19/h1-2,5,7,10-13,19H,3-4,6,8-9,14H2,(H,22,25). The highest BCUT2D eigenvalue weighted by atomic mass is 16.2. The Kier molecular flexibility index (Phi) is 4.26. The van der Waals surface area contributed by atoms with E-state index in [1.807, 2.05) is 30.3 Å². The van der Waals surface area contributed by atoms with Crippen LogP contribution in [0.1, 0.15) is 53.2 Å². The fourth-order valence-corrected chi connectivity index (χ4v) is 3.86. The van der Waals surface area contributed by atoms with Crippen LogP contribution in [0.4, 0.5) is 5.69 Å². The molecule has 1 unspecified atom stereocenters. The summed E-state index contributed by atoms with van der Waals surface area (Å²) < 4.78 is 0. The number of carbonyl (C=O) groups is 2. The molecule has 2 amide bonds. The molecule has 0 spiro atoms. The maximum absolute atomic E-state index is 12.6. The van der Waals surface area contributed by atoms with Crippen molar-refractivity contribution in [3.8, 4) is 0 Å². The van der Waals surface area contributed by atoms with Crippen LogP contribution in [-0.2, 0) is 11.2 Å². The summed E-state index contributed by atoms with van der Waals surface area (Å²) in [5, 5.41) is 3.17. The third kappa shape index (κ3) is 3.16. The van der Waals surface area contributed by atoms with Gasteiger partial charge < -0.3 is 10.2 Å². The van der Waals surface area contributed by atoms with Crippen LogP contribution < -0.4 is 10.2 Å². The molecule has 1 heterocycles. The van der Waals surface area contributed by atoms with Gasteiger partial charge in [0.25, 0.3) is 5.91 Å². The molecule has 1 N–H and O–H groups in total. The van der Waals surface area contributed by atoms with E-state index in [2.05, 4.69) is 23.5 Å². The molecule has 1 saturated heterocycles. The fourth-order valence-electron chi connectivity index (χ4n) is 3.86. The molecule has 1 fully saturated rings. The predicted octanol–water partition coefficient (Wildman–Crippen LogP) is 3.62. The lowest BCUT2D eigenvalue weighted by Crippen LogP contribution is -2.31. The van der Waals surface area contributed by atoms with Crippen molar-refractivity contribution in [2.24, 2.45) is 0 Å². The summed E-state index contributed by atoms with van der Waals surface area (Å²) >= 11 is 0. The maximum atomic E-state index is 12.6. The molecule has 4 rings (SSSR count). The molecule has 0 radical (unpaired) electrons. The van der Waals surface area contributed by atoms with Crippen molar-refractivity contribution < 1.29 is 9.59 Å². The van der Waals surface area contributed by atoms with E-state index in [4.69, 9.17) is 0 Å². The van der Waals surface area contributed by atoms with E-state index < -0.39 is 0 Å². The summed E-state index contributed by atoms with van der Waals surface area (Å²) in [5.74, 6) is 0.108. The number of hydrogen-bond donors (Lipinski definition) is 1. The first-order valence-corrected chi connectivity index (χ1v) is 9.01. The van der Waals surface area contributed by atoms with Crippen LogP contribution in [0.3, 0.4) is 0 Å². The van der Waals surface area contributed by atoms with Crippen LogP contribution in [0.25, 0.3) is 0 Å². The van der Waals surface area contributed by atoms with E-state index in [-0.39, 0.29) is 17.9 Å². The summed E-state index contributed by atoms with van der Waals surface area (Å²) in [6, 6.07) is 15.8. The normalized spacial score (nSPS) is 19.6. The van der Waals surface area contributed by atoms with Crippen molar-refractivity contribution in [3.63, 3.8) is 0 Å². The number of anilines is 1. The van der Waals surface area contributed by atoms with Crippen molar-refractivity contribution >= 4 is 17.5 Å². The molecule has 1 aliphatic carbocycles. The number of aryl methyl sites for hydroxylation is 1. The molecule has 2 aliphatic rings. The highest BCUT2D eigenvalue weighted by Crippen LogP contribution is 2.30. The Balaban J connectivity index is 1.48. The van der Waals surface area contributed by atoms with Gasteiger partial charge in [-0.3, -0.25) is 9.59 Å². The van der Waals surface area contributed by atoms with Crippen LogP contribution >= 0.6 is 0 Å². The number of amides is 2. The molecule has 128 valence electrons. The largest absolute Gasteiger partial charge is 0.345 e. The number of nitrogens with zero attached hydrogens (tertiary/aromatic N) is 1. The average Bonchev–Trinajstić information content (AvgIpc) is 3.08. The van der Waals surface area contributed by atoms with E-state index in [0.717, 1.165) is 37.9 Å². The molecule has 2 aromatic carbocycles. The van der Waals surface area contributed by atoms with Crippen molar-refractivity contribution in [2.75, 3.05) is 11.4 Å². The van der Waals surface area contributed by atoms with Gasteiger partial charge in [-0.1, -0.05) is 24.3 Å². The number of fused-ring (bicyclic) bond motifs is 1. The third-order valence-electron chi connectivity index (χ3n) is 5.19. The zero-order valence-electron chi connectivity index (χ0n) is 14.2. The smallest absolute Gasteiger partial charge is 0.251 e. The molecule has 25 heavy (non-hydrogen) atoms. The Labute approximate surface area is 147 Å². The minimum Gasteiger partial charge on any atom is -0.345 e. The average molecular weight is 334 g/mol. The van der Waals surface area contributed by atoms with Crippen LogP contribution in [0.5, 0.6) is 0 Å². The van der Waals surface area contributed by atoms with Crippen LogP contribution in [0, 0.1) is 0 Å². The molecule has 4 nitrogen and oxygen atoms in total. The molecule has 1 aliphatic heterocycles. The first-order valence-electron chi connectivity index (χ1n) is 9.01. The number of hydrogen-bond acceptors (Lipinski definition) is 2. The summed E-state index contributed by atoms with van der Waals surface area (Å²) in [5.41, 5.74) is 4.09. The highest BCUT2D eigenvalue weighted by Gasteiger charge is 2.23. The summed E-state index contributed by atoms with van der Waals surface area (Å²) in [6.07, 6.45) is 4.67. The van der Waals surface area contributed by atoms with Gasteiger partial charge in [0.05, 0.1) is 6.04 Å². The van der Waals surface area contributed by atoms with Gasteiger partial charge >= 0.3 is 0 Å². The Morgan fingerprint density at radius 2 is 1.80 bits per heavy atom. The zero-order chi connectivity index (χ0) is 17.2. The molecule has 0 saturated carbocycles. The van der Waals surface area contributed by atoms with Crippen molar-refractivity contribution in [2.45, 2.75) is 38.1 Å². The lowest BCUT2D eigenvalue weighted by Gasteiger charge is -2.26. The summed E-state index contributed by atoms with van der Waals surface area (Å²) in [7, 11) is 0. The van der Waals surface area contributed by atoms with Crippen molar-refractivity contribution in [1.29, 1.82) is 0 Å². The van der Waals surface area contributed by atoms with E-state index in [9.17, 15) is 9.59 Å². The quantitative estimate of drug-likeness (QED) is 0.932. The van der Waals surface area contributed by atoms with Gasteiger partial charge in [-0.25, -0.2) is 0 Å². The molecule has 1 atom stereocenters. The van der Waals surface area contributed by atoms with E-state index >= 15 is 0 Å². The van der Waals surface area contributed by atoms with Gasteiger partial charge in [-0.2, -0.15) is 0 Å². The monoisotopic (exact) mass is 334 g/mol. The van der Waals surface area contributed by atoms with E-state index in [1.165, 1.54) is 11.1 Å². The van der Waals surface area contributed by atoms with E-state index in [1.54, 1.807) is 4.90 Å². The molecule has 0 bridgehead atoms. The predicted molar refractivity (Wildman–Crippen MR) is 97.6 cm³/mol. The molecular formula is C21H22N2O2. The Bertz CT molecular complexity index is 798. The van der Waals surface area contributed by atoms with Crippen molar-refractivity contribution in [1.82, 2.24) is 5.32 Å². The van der Waals surface area contributed by atoms with Gasteiger partial charge in [0.15, 0.2) is 0 Å². The number of benzene rings is 2. The van der Waals surface area contributed by atoms with Crippen LogP contribution in [0.2, 0.25) is 0 Å². The van der Waals surface area contributed by atoms with Gasteiger partial charge in [0.1, 0.15) is 0 Å². The summed E-state index contributed by atoms with van der Waals surface area (Å²) in [4.78, 5) is 26.2. The van der Waals surface area contributed by atoms with Crippen LogP contribution in [-0.4, -0.2) is 18.4 Å². The minimum atomic E-state index is -0.0546. The first-order chi connectivity index (χ1) is 12.2. The van der Waals surface area contributed by atoms with Gasteiger partial charge in [-0.15, -0.1) is 0 Å². The minimum absolute atomic E-state index is 0.0546. The molecular weight excluding hydrogens is 312 g/mol. The molecule has 0 aromatic heterocycles. The number of rotatable bonds is 3. The summed E-state index contributed by atoms with van der Waals surface area (Å²) in [6.45, 7) is 0.767. The second-order valence-corrected chi connectivity index (χ2v) is 6.81. The first kappa shape index (κ1) is 15.9. The number of nitrogens with one attached hydrogen (secondary N) is 1. The second-order valence-electron chi connectivity index (χ2n) is 6.81. The number of carbonyl (C=O) groups excluding carboxylic acids is 2. The topological polar surface area (TPSA) is 49.4 Å². The van der Waals surface area contributed by atoms with Gasteiger partial charge in [-0.05, 0) is 61.1 Å². The Morgan fingerprint density at radius 1 is 1.00 bits per heavy atom.